The number of halogens is 3. The molecule has 15 heteroatoms. The van der Waals surface area contributed by atoms with Gasteiger partial charge in [0.15, 0.2) is 5.82 Å². The van der Waals surface area contributed by atoms with Gasteiger partial charge in [-0.3, -0.25) is 9.69 Å². The number of nitrogens with zero attached hydrogens (tertiary/aromatic N) is 5. The molecule has 3 aliphatic rings. The smallest absolute Gasteiger partial charge is 0.319 e. The Labute approximate surface area is 379 Å². The number of amides is 1. The summed E-state index contributed by atoms with van der Waals surface area (Å²) in [4.78, 5) is 30.5. The van der Waals surface area contributed by atoms with Crippen molar-refractivity contribution in [3.05, 3.63) is 41.5 Å². The fraction of sp³-hybridized carbons (Fsp3) is 0.592. The van der Waals surface area contributed by atoms with Gasteiger partial charge in [-0.05, 0) is 76.2 Å². The second-order valence-corrected chi connectivity index (χ2v) is 31.2. The van der Waals surface area contributed by atoms with Gasteiger partial charge in [0.1, 0.15) is 61.4 Å². The van der Waals surface area contributed by atoms with E-state index in [9.17, 15) is 9.18 Å². The molecule has 4 aromatic rings. The molecule has 346 valence electrons. The van der Waals surface area contributed by atoms with Crippen molar-refractivity contribution >= 4 is 49.8 Å². The third-order valence-electron chi connectivity index (χ3n) is 14.8. The quantitative estimate of drug-likeness (QED) is 0.0975. The maximum Gasteiger partial charge on any atom is 0.319 e. The molecule has 0 radical (unpaired) electrons. The Morgan fingerprint density at radius 1 is 0.922 bits per heavy atom. The Kier molecular flexibility index (Phi) is 13.5. The zero-order valence-corrected chi connectivity index (χ0v) is 41.8. The highest BCUT2D eigenvalue weighted by atomic mass is 28.4. The highest BCUT2D eigenvalue weighted by Gasteiger charge is 2.50. The number of fused-ring (bicyclic) bond motifs is 2. The number of alkyl halides is 1. The minimum absolute atomic E-state index is 0.0427. The molecule has 0 aliphatic carbocycles. The van der Waals surface area contributed by atoms with Crippen LogP contribution >= 0.6 is 0 Å². The number of benzene rings is 2. The SMILES string of the molecule is CC(C)[Si](C#Cc1c(F)ccc2cc(O[Si](C(C)C)(C(C)C)C(C)C)cc(-c3nc4c5c(nc(OC[C@@]67CCCN6C[C@H](F)C7)nc5c3F)N(CC(N)=O)CCO4)c12)(C(C)C)C(C)C. The number of primary amides is 1. The first-order valence-corrected chi connectivity index (χ1v) is 27.6. The molecular formula is C49H67F3N6O4Si2. The maximum atomic E-state index is 18.1. The lowest BCUT2D eigenvalue weighted by molar-refractivity contribution is -0.116. The van der Waals surface area contributed by atoms with Gasteiger partial charge in [-0.25, -0.2) is 18.2 Å². The normalized spacial score (nSPS) is 19.3. The number of hydrogen-bond donors (Lipinski definition) is 1. The van der Waals surface area contributed by atoms with Crippen molar-refractivity contribution in [3.63, 3.8) is 0 Å². The molecule has 0 saturated carbocycles. The van der Waals surface area contributed by atoms with Crippen LogP contribution in [0.5, 0.6) is 17.6 Å². The van der Waals surface area contributed by atoms with E-state index >= 15 is 8.78 Å². The number of carbonyl (C=O) groups is 1. The average Bonchev–Trinajstić information content (AvgIpc) is 3.68. The number of ether oxygens (including phenoxy) is 2. The third kappa shape index (κ3) is 8.25. The molecule has 0 unspecified atom stereocenters. The molecule has 5 heterocycles. The largest absolute Gasteiger partial charge is 0.543 e. The Hall–Kier alpha value is -4.40. The Morgan fingerprint density at radius 3 is 2.22 bits per heavy atom. The molecular weight excluding hydrogens is 850 g/mol. The molecule has 3 aliphatic heterocycles. The Balaban J connectivity index is 1.53. The van der Waals surface area contributed by atoms with E-state index in [1.807, 2.05) is 6.07 Å². The van der Waals surface area contributed by atoms with Gasteiger partial charge in [0.05, 0.1) is 24.2 Å². The van der Waals surface area contributed by atoms with Crippen LogP contribution in [-0.4, -0.2) is 93.3 Å². The van der Waals surface area contributed by atoms with Crippen LogP contribution in [0.4, 0.5) is 19.0 Å². The molecule has 1 amide bonds. The summed E-state index contributed by atoms with van der Waals surface area (Å²) in [6.07, 6.45) is 0.995. The van der Waals surface area contributed by atoms with Crippen molar-refractivity contribution in [3.8, 4) is 40.4 Å². The van der Waals surface area contributed by atoms with Crippen LogP contribution in [0.1, 0.15) is 108 Å². The molecule has 64 heavy (non-hydrogen) atoms. The molecule has 10 nitrogen and oxygen atoms in total. The number of carbonyl (C=O) groups excluding carboxylic acids is 1. The molecule has 0 bridgehead atoms. The van der Waals surface area contributed by atoms with E-state index in [1.165, 1.54) is 6.07 Å². The molecule has 2 saturated heterocycles. The summed E-state index contributed by atoms with van der Waals surface area (Å²) in [5.74, 6) is 2.17. The first kappa shape index (κ1) is 47.6. The Morgan fingerprint density at radius 2 is 1.59 bits per heavy atom. The molecule has 2 atom stereocenters. The predicted octanol–water partition coefficient (Wildman–Crippen LogP) is 10.9. The van der Waals surface area contributed by atoms with Gasteiger partial charge in [-0.1, -0.05) is 95.1 Å². The van der Waals surface area contributed by atoms with Crippen LogP contribution in [0, 0.1) is 23.1 Å². The van der Waals surface area contributed by atoms with Crippen LogP contribution in [0.15, 0.2) is 24.3 Å². The van der Waals surface area contributed by atoms with Gasteiger partial charge in [0.2, 0.25) is 11.8 Å². The lowest BCUT2D eigenvalue weighted by Crippen LogP contribution is -2.50. The van der Waals surface area contributed by atoms with E-state index in [2.05, 4.69) is 99.4 Å². The summed E-state index contributed by atoms with van der Waals surface area (Å²) in [6.45, 7) is 27.7. The Bertz CT molecular complexity index is 2450. The predicted molar refractivity (Wildman–Crippen MR) is 255 cm³/mol. The van der Waals surface area contributed by atoms with E-state index in [-0.39, 0.29) is 105 Å². The summed E-state index contributed by atoms with van der Waals surface area (Å²) < 4.78 is 69.5. The number of pyridine rings is 1. The van der Waals surface area contributed by atoms with Gasteiger partial charge in [-0.2, -0.15) is 9.97 Å². The van der Waals surface area contributed by atoms with Gasteiger partial charge in [0, 0.05) is 23.9 Å². The lowest BCUT2D eigenvalue weighted by Gasteiger charge is -2.42. The summed E-state index contributed by atoms with van der Waals surface area (Å²) in [6, 6.07) is 6.69. The van der Waals surface area contributed by atoms with E-state index in [0.717, 1.165) is 19.4 Å². The number of aromatic nitrogens is 3. The van der Waals surface area contributed by atoms with Crippen LogP contribution < -0.4 is 24.5 Å². The number of nitrogens with two attached hydrogens (primary N) is 1. The molecule has 2 fully saturated rings. The number of anilines is 1. The third-order valence-corrected chi connectivity index (χ3v) is 27.1. The van der Waals surface area contributed by atoms with Crippen molar-refractivity contribution in [2.24, 2.45) is 5.73 Å². The molecule has 0 spiro atoms. The van der Waals surface area contributed by atoms with Crippen LogP contribution in [0.3, 0.4) is 0 Å². The van der Waals surface area contributed by atoms with Gasteiger partial charge < -0.3 is 24.5 Å². The summed E-state index contributed by atoms with van der Waals surface area (Å²) >= 11 is 0. The minimum atomic E-state index is -2.57. The van der Waals surface area contributed by atoms with Crippen LogP contribution in [0.2, 0.25) is 33.2 Å². The molecule has 2 aromatic carbocycles. The second-order valence-electron chi connectivity index (χ2n) is 20.3. The first-order valence-electron chi connectivity index (χ1n) is 23.2. The van der Waals surface area contributed by atoms with E-state index in [1.54, 1.807) is 17.0 Å². The van der Waals surface area contributed by atoms with Gasteiger partial charge in [0.25, 0.3) is 8.32 Å². The van der Waals surface area contributed by atoms with Crippen molar-refractivity contribution in [2.75, 3.05) is 44.3 Å². The van der Waals surface area contributed by atoms with Crippen LogP contribution in [-0.2, 0) is 4.79 Å². The van der Waals surface area contributed by atoms with E-state index < -0.39 is 45.6 Å². The lowest BCUT2D eigenvalue weighted by atomic mass is 9.95. The van der Waals surface area contributed by atoms with Crippen molar-refractivity contribution in [1.29, 1.82) is 0 Å². The van der Waals surface area contributed by atoms with Gasteiger partial charge >= 0.3 is 6.01 Å². The first-order chi connectivity index (χ1) is 30.2. The van der Waals surface area contributed by atoms with Gasteiger partial charge in [-0.15, -0.1) is 5.54 Å². The zero-order valence-electron chi connectivity index (χ0n) is 39.8. The number of rotatable bonds is 14. The fourth-order valence-corrected chi connectivity index (χ4v) is 22.4. The van der Waals surface area contributed by atoms with E-state index in [0.29, 0.717) is 29.5 Å². The van der Waals surface area contributed by atoms with E-state index in [4.69, 9.17) is 34.6 Å². The molecule has 2 N–H and O–H groups in total. The summed E-state index contributed by atoms with van der Waals surface area (Å²) in [5.41, 5.74) is 10.6. The number of hydrogen-bond acceptors (Lipinski definition) is 9. The topological polar surface area (TPSA) is 116 Å². The monoisotopic (exact) mass is 916 g/mol. The standard InChI is InChI=1S/C49H67F3N6O4Si2/c1-28(2)63(29(3)4,30(5)6)21-16-37-39(51)15-14-34-22-36(62-64(31(7)8,32(9)10)33(11)12)23-38(41(34)37)44-43(52)45-42-46(57(26-40(53)59)19-20-60-47(42)54-44)56-48(55-45)61-27-49-17-13-18-58(49)25-35(50)24-49/h14-15,22-23,28-33,35H,13,17-20,24-27H2,1-12H3,(H2,53,59)/t35-,49+/m1/s1. The highest BCUT2D eigenvalue weighted by Crippen LogP contribution is 2.48. The summed E-state index contributed by atoms with van der Waals surface area (Å²) in [5, 5.41) is 1.17. The second kappa shape index (κ2) is 18.1. The fourth-order valence-electron chi connectivity index (χ4n) is 12.0. The minimum Gasteiger partial charge on any atom is -0.543 e. The van der Waals surface area contributed by atoms with Crippen molar-refractivity contribution in [1.82, 2.24) is 19.9 Å². The maximum absolute atomic E-state index is 18.1. The zero-order chi connectivity index (χ0) is 46.6. The average molecular weight is 917 g/mol. The van der Waals surface area contributed by atoms with Crippen molar-refractivity contribution < 1.29 is 31.9 Å². The highest BCUT2D eigenvalue weighted by molar-refractivity contribution is 6.90. The van der Waals surface area contributed by atoms with Crippen LogP contribution in [0.25, 0.3) is 32.9 Å². The van der Waals surface area contributed by atoms with Crippen molar-refractivity contribution in [2.45, 2.75) is 147 Å². The molecule has 7 rings (SSSR count). The molecule has 2 aromatic heterocycles. The summed E-state index contributed by atoms with van der Waals surface area (Å²) in [7, 11) is -4.94.